The van der Waals surface area contributed by atoms with Crippen molar-refractivity contribution in [1.29, 1.82) is 0 Å². The second-order valence-corrected chi connectivity index (χ2v) is 10.1. The Bertz CT molecular complexity index is 734. The molecule has 1 aromatic carbocycles. The van der Waals surface area contributed by atoms with E-state index in [2.05, 4.69) is 59.7 Å². The lowest BCUT2D eigenvalue weighted by atomic mass is 9.76. The number of halogens is 1. The quantitative estimate of drug-likeness (QED) is 0.576. The van der Waals surface area contributed by atoms with Crippen molar-refractivity contribution in [1.82, 2.24) is 4.90 Å². The monoisotopic (exact) mass is 447 g/mol. The predicted octanol–water partition coefficient (Wildman–Crippen LogP) is 5.46. The number of allylic oxidation sites excluding steroid dienone is 2. The first-order chi connectivity index (χ1) is 14.6. The Morgan fingerprint density at radius 3 is 2.35 bits per heavy atom. The Morgan fingerprint density at radius 2 is 1.71 bits per heavy atom. The average Bonchev–Trinajstić information content (AvgIpc) is 2.78. The summed E-state index contributed by atoms with van der Waals surface area (Å²) in [7, 11) is 0. The van der Waals surface area contributed by atoms with Gasteiger partial charge >= 0.3 is 0 Å². The number of hydrogen-bond donors (Lipinski definition) is 0. The number of ether oxygens (including phenoxy) is 1. The first kappa shape index (κ1) is 24.4. The maximum atomic E-state index is 5.58. The molecule has 31 heavy (non-hydrogen) atoms. The summed E-state index contributed by atoms with van der Waals surface area (Å²) in [5.41, 5.74) is 6.30. The molecule has 0 saturated carbocycles. The van der Waals surface area contributed by atoms with E-state index in [1.165, 1.54) is 68.7 Å². The van der Waals surface area contributed by atoms with Crippen LogP contribution in [0, 0.1) is 5.41 Å². The Labute approximate surface area is 196 Å². The number of benzene rings is 1. The largest absolute Gasteiger partial charge is 0.378 e. The number of nitrogens with zero attached hydrogens (tertiary/aromatic N) is 3. The van der Waals surface area contributed by atoms with E-state index in [4.69, 9.17) is 4.74 Å². The fraction of sp³-hybridized carbons (Fsp3) is 0.692. The van der Waals surface area contributed by atoms with Crippen LogP contribution in [0.4, 0.5) is 11.4 Å². The van der Waals surface area contributed by atoms with Crippen LogP contribution in [0.15, 0.2) is 24.3 Å². The highest BCUT2D eigenvalue weighted by Crippen LogP contribution is 2.42. The molecule has 2 heterocycles. The van der Waals surface area contributed by atoms with Gasteiger partial charge in [-0.15, -0.1) is 12.4 Å². The summed E-state index contributed by atoms with van der Waals surface area (Å²) in [4.78, 5) is 7.78. The van der Waals surface area contributed by atoms with Crippen molar-refractivity contribution in [2.24, 2.45) is 5.41 Å². The molecule has 0 unspecified atom stereocenters. The molecule has 0 spiro atoms. The molecule has 4 rings (SSSR count). The molecule has 0 bridgehead atoms. The second kappa shape index (κ2) is 11.1. The smallest absolute Gasteiger partial charge is 0.0642 e. The van der Waals surface area contributed by atoms with Gasteiger partial charge < -0.3 is 14.5 Å². The van der Waals surface area contributed by atoms with E-state index in [9.17, 15) is 0 Å². The minimum absolute atomic E-state index is 0. The maximum absolute atomic E-state index is 5.58. The van der Waals surface area contributed by atoms with Gasteiger partial charge in [-0.3, -0.25) is 4.90 Å². The lowest BCUT2D eigenvalue weighted by Gasteiger charge is -2.38. The SMILES string of the molecule is CCCCN1CCN(c2ccc(N3CCOCC3)cc2C2=CCC(C)(C)CC2)CC1.Cl. The van der Waals surface area contributed by atoms with Crippen LogP contribution in [0.2, 0.25) is 0 Å². The molecule has 0 N–H and O–H groups in total. The highest BCUT2D eigenvalue weighted by molar-refractivity contribution is 5.85. The highest BCUT2D eigenvalue weighted by atomic mass is 35.5. The van der Waals surface area contributed by atoms with Crippen LogP contribution in [-0.4, -0.2) is 63.9 Å². The Morgan fingerprint density at radius 1 is 0.968 bits per heavy atom. The number of morpholine rings is 1. The first-order valence-electron chi connectivity index (χ1n) is 12.2. The number of unbranched alkanes of at least 4 members (excludes halogenated alkanes) is 1. The molecule has 5 heteroatoms. The molecule has 174 valence electrons. The first-order valence-corrected chi connectivity index (χ1v) is 12.2. The second-order valence-electron chi connectivity index (χ2n) is 10.1. The van der Waals surface area contributed by atoms with Crippen LogP contribution in [0.5, 0.6) is 0 Å². The van der Waals surface area contributed by atoms with Crippen LogP contribution < -0.4 is 9.80 Å². The Hall–Kier alpha value is -1.23. The molecule has 0 aromatic heterocycles. The maximum Gasteiger partial charge on any atom is 0.0642 e. The standard InChI is InChI=1S/C26H41N3O.ClH/c1-4-5-12-27-13-15-29(16-14-27)25-7-6-23(28-17-19-30-20-18-28)21-24(25)22-8-10-26(2,3)11-9-22;/h6-8,21H,4-5,9-20H2,1-3H3;1H. The van der Waals surface area contributed by atoms with E-state index in [1.807, 2.05) is 0 Å². The summed E-state index contributed by atoms with van der Waals surface area (Å²) in [6, 6.07) is 7.23. The van der Waals surface area contributed by atoms with Gasteiger partial charge in [0, 0.05) is 56.2 Å². The minimum Gasteiger partial charge on any atom is -0.378 e. The van der Waals surface area contributed by atoms with E-state index in [0.29, 0.717) is 5.41 Å². The molecule has 1 aliphatic carbocycles. The van der Waals surface area contributed by atoms with Crippen LogP contribution in [0.1, 0.15) is 58.4 Å². The van der Waals surface area contributed by atoms with Crippen molar-refractivity contribution < 1.29 is 4.74 Å². The summed E-state index contributed by atoms with van der Waals surface area (Å²) in [6.45, 7) is 16.7. The Kier molecular flexibility index (Phi) is 8.72. The fourth-order valence-electron chi connectivity index (χ4n) is 4.99. The molecule has 0 atom stereocenters. The molecule has 1 aromatic rings. The van der Waals surface area contributed by atoms with E-state index >= 15 is 0 Å². The van der Waals surface area contributed by atoms with Gasteiger partial charge in [-0.25, -0.2) is 0 Å². The zero-order chi connectivity index (χ0) is 21.0. The normalized spacial score (nSPS) is 22.1. The third-order valence-electron chi connectivity index (χ3n) is 7.22. The van der Waals surface area contributed by atoms with E-state index in [0.717, 1.165) is 39.4 Å². The van der Waals surface area contributed by atoms with Crippen LogP contribution in [0.3, 0.4) is 0 Å². The predicted molar refractivity (Wildman–Crippen MR) is 136 cm³/mol. The summed E-state index contributed by atoms with van der Waals surface area (Å²) in [6.07, 6.45) is 8.81. The molecular formula is C26H42ClN3O. The van der Waals surface area contributed by atoms with Gasteiger partial charge in [0.15, 0.2) is 0 Å². The molecule has 4 nitrogen and oxygen atoms in total. The average molecular weight is 448 g/mol. The van der Waals surface area contributed by atoms with Gasteiger partial charge in [0.25, 0.3) is 0 Å². The van der Waals surface area contributed by atoms with Crippen molar-refractivity contribution >= 4 is 29.4 Å². The van der Waals surface area contributed by atoms with Crippen LogP contribution in [0.25, 0.3) is 5.57 Å². The van der Waals surface area contributed by atoms with Gasteiger partial charge in [0.05, 0.1) is 13.2 Å². The molecule has 0 amide bonds. The van der Waals surface area contributed by atoms with Crippen molar-refractivity contribution in [2.45, 2.75) is 52.9 Å². The van der Waals surface area contributed by atoms with Gasteiger partial charge in [0.1, 0.15) is 0 Å². The van der Waals surface area contributed by atoms with Gasteiger partial charge in [-0.1, -0.05) is 33.3 Å². The van der Waals surface area contributed by atoms with E-state index in [-0.39, 0.29) is 12.4 Å². The number of rotatable bonds is 6. The van der Waals surface area contributed by atoms with Crippen LogP contribution in [-0.2, 0) is 4.74 Å². The van der Waals surface area contributed by atoms with E-state index in [1.54, 1.807) is 5.57 Å². The number of hydrogen-bond acceptors (Lipinski definition) is 4. The fourth-order valence-corrected chi connectivity index (χ4v) is 4.99. The van der Waals surface area contributed by atoms with Crippen molar-refractivity contribution in [3.05, 3.63) is 29.8 Å². The molecule has 3 aliphatic rings. The molecule has 2 fully saturated rings. The van der Waals surface area contributed by atoms with Crippen molar-refractivity contribution in [2.75, 3.05) is 68.8 Å². The molecule has 2 saturated heterocycles. The summed E-state index contributed by atoms with van der Waals surface area (Å²) < 4.78 is 5.58. The third-order valence-corrected chi connectivity index (χ3v) is 7.22. The summed E-state index contributed by atoms with van der Waals surface area (Å²) in [5.74, 6) is 0. The topological polar surface area (TPSA) is 19.0 Å². The Balaban J connectivity index is 0.00000272. The van der Waals surface area contributed by atoms with Gasteiger partial charge in [0.2, 0.25) is 0 Å². The van der Waals surface area contributed by atoms with Crippen LogP contribution >= 0.6 is 12.4 Å². The third kappa shape index (κ3) is 6.18. The highest BCUT2D eigenvalue weighted by Gasteiger charge is 2.26. The van der Waals surface area contributed by atoms with Crippen molar-refractivity contribution in [3.8, 4) is 0 Å². The lowest BCUT2D eigenvalue weighted by molar-refractivity contribution is 0.122. The lowest BCUT2D eigenvalue weighted by Crippen LogP contribution is -2.47. The number of anilines is 2. The molecule has 0 radical (unpaired) electrons. The van der Waals surface area contributed by atoms with Crippen molar-refractivity contribution in [3.63, 3.8) is 0 Å². The molecular weight excluding hydrogens is 406 g/mol. The summed E-state index contributed by atoms with van der Waals surface area (Å²) >= 11 is 0. The van der Waals surface area contributed by atoms with Gasteiger partial charge in [-0.2, -0.15) is 0 Å². The minimum atomic E-state index is 0. The zero-order valence-corrected chi connectivity index (χ0v) is 20.7. The van der Waals surface area contributed by atoms with Gasteiger partial charge in [-0.05, 0) is 61.4 Å². The zero-order valence-electron chi connectivity index (χ0n) is 19.9. The summed E-state index contributed by atoms with van der Waals surface area (Å²) in [5, 5.41) is 0. The molecule has 2 aliphatic heterocycles. The van der Waals surface area contributed by atoms with E-state index < -0.39 is 0 Å². The number of piperazine rings is 1.